The van der Waals surface area contributed by atoms with Gasteiger partial charge < -0.3 is 9.32 Å². The molecule has 60 heavy (non-hydrogen) atoms. The van der Waals surface area contributed by atoms with E-state index in [9.17, 15) is 0 Å². The topological polar surface area (TPSA) is 28.7 Å². The summed E-state index contributed by atoms with van der Waals surface area (Å²) in [6.07, 6.45) is 0.831. The maximum Gasteiger partial charge on any atom is 0.138 e. The van der Waals surface area contributed by atoms with E-state index in [1.165, 1.54) is 50.1 Å². The van der Waals surface area contributed by atoms with Gasteiger partial charge in [0.1, 0.15) is 11.2 Å². The third-order valence-electron chi connectivity index (χ3n) is 12.9. The first-order valence-electron chi connectivity index (χ1n) is 20.8. The van der Waals surface area contributed by atoms with Crippen LogP contribution < -0.4 is 4.90 Å². The van der Waals surface area contributed by atoms with Crippen LogP contribution in [0, 0.1) is 0 Å². The standard InChI is InChI=1S/C57H40N2O/c1-57(2)49-18-10-9-15-44(49)45-30-29-43(34-50(45)57)59(42-27-24-39(25-28-42)38-22-20-37(21-23-38)36-12-4-3-5-13-36)53-35-55-56(47-17-8-7-16-46(47)53)48-32-41(26-31-54(48)60-55)52-33-40-14-6-11-19-51(40)58-52/h3-32,34-35H,33H2,1-2H3. The summed E-state index contributed by atoms with van der Waals surface area (Å²) in [7, 11) is 0. The smallest absolute Gasteiger partial charge is 0.138 e. The van der Waals surface area contributed by atoms with Crippen molar-refractivity contribution in [2.45, 2.75) is 25.7 Å². The minimum atomic E-state index is -0.142. The quantitative estimate of drug-likeness (QED) is 0.169. The number of rotatable bonds is 6. The lowest BCUT2D eigenvalue weighted by Gasteiger charge is -2.29. The predicted molar refractivity (Wildman–Crippen MR) is 251 cm³/mol. The molecule has 0 atom stereocenters. The van der Waals surface area contributed by atoms with Crippen LogP contribution >= 0.6 is 0 Å². The average Bonchev–Trinajstić information content (AvgIpc) is 3.97. The van der Waals surface area contributed by atoms with Gasteiger partial charge in [-0.3, -0.25) is 4.99 Å². The molecule has 1 aromatic heterocycles. The summed E-state index contributed by atoms with van der Waals surface area (Å²) < 4.78 is 6.80. The Morgan fingerprint density at radius 3 is 1.87 bits per heavy atom. The monoisotopic (exact) mass is 768 g/mol. The molecule has 284 valence electrons. The molecule has 0 spiro atoms. The van der Waals surface area contributed by atoms with Gasteiger partial charge in [0.15, 0.2) is 0 Å². The number of nitrogens with zero attached hydrogens (tertiary/aromatic N) is 2. The van der Waals surface area contributed by atoms with Crippen LogP contribution in [-0.4, -0.2) is 5.71 Å². The van der Waals surface area contributed by atoms with Crippen LogP contribution in [0.1, 0.15) is 36.1 Å². The highest BCUT2D eigenvalue weighted by Gasteiger charge is 2.36. The fourth-order valence-electron chi connectivity index (χ4n) is 9.84. The lowest BCUT2D eigenvalue weighted by Crippen LogP contribution is -2.16. The Balaban J connectivity index is 1.02. The first kappa shape index (κ1) is 34.5. The van der Waals surface area contributed by atoms with Gasteiger partial charge in [0, 0.05) is 45.4 Å². The highest BCUT2D eigenvalue weighted by Crippen LogP contribution is 2.52. The second-order valence-corrected chi connectivity index (χ2v) is 16.7. The molecule has 3 nitrogen and oxygen atoms in total. The van der Waals surface area contributed by atoms with E-state index in [4.69, 9.17) is 9.41 Å². The Morgan fingerprint density at radius 2 is 1.08 bits per heavy atom. The summed E-state index contributed by atoms with van der Waals surface area (Å²) in [6, 6.07) is 70.4. The zero-order valence-electron chi connectivity index (χ0n) is 33.5. The van der Waals surface area contributed by atoms with Crippen molar-refractivity contribution < 1.29 is 4.42 Å². The van der Waals surface area contributed by atoms with Gasteiger partial charge in [-0.1, -0.05) is 153 Å². The molecule has 0 amide bonds. The van der Waals surface area contributed by atoms with Crippen molar-refractivity contribution in [3.8, 4) is 33.4 Å². The molecule has 1 aliphatic heterocycles. The van der Waals surface area contributed by atoms with Crippen molar-refractivity contribution in [3.05, 3.63) is 216 Å². The molecular weight excluding hydrogens is 729 g/mol. The number of anilines is 3. The van der Waals surface area contributed by atoms with E-state index >= 15 is 0 Å². The van der Waals surface area contributed by atoms with E-state index < -0.39 is 0 Å². The summed E-state index contributed by atoms with van der Waals surface area (Å²) in [4.78, 5) is 7.45. The molecule has 9 aromatic carbocycles. The number of fused-ring (bicyclic) bond motifs is 9. The van der Waals surface area contributed by atoms with Gasteiger partial charge in [0.2, 0.25) is 0 Å². The number of hydrogen-bond acceptors (Lipinski definition) is 3. The van der Waals surface area contributed by atoms with Crippen molar-refractivity contribution in [1.29, 1.82) is 0 Å². The summed E-state index contributed by atoms with van der Waals surface area (Å²) >= 11 is 0. The Hall–Kier alpha value is -7.49. The summed E-state index contributed by atoms with van der Waals surface area (Å²) in [5, 5.41) is 4.55. The molecule has 2 aliphatic rings. The molecule has 10 aromatic rings. The van der Waals surface area contributed by atoms with E-state index in [1.807, 2.05) is 0 Å². The van der Waals surface area contributed by atoms with Crippen molar-refractivity contribution in [1.82, 2.24) is 0 Å². The normalized spacial score (nSPS) is 13.7. The Morgan fingerprint density at radius 1 is 0.467 bits per heavy atom. The van der Waals surface area contributed by atoms with Crippen molar-refractivity contribution >= 4 is 61.2 Å². The predicted octanol–water partition coefficient (Wildman–Crippen LogP) is 15.5. The van der Waals surface area contributed by atoms with Crippen molar-refractivity contribution in [2.75, 3.05) is 4.90 Å². The molecule has 0 fully saturated rings. The summed E-state index contributed by atoms with van der Waals surface area (Å²) in [6.45, 7) is 4.70. The van der Waals surface area contributed by atoms with Crippen LogP contribution in [0.5, 0.6) is 0 Å². The third kappa shape index (κ3) is 5.39. The van der Waals surface area contributed by atoms with Gasteiger partial charge in [-0.15, -0.1) is 0 Å². The molecule has 0 bridgehead atoms. The van der Waals surface area contributed by atoms with E-state index in [0.717, 1.165) is 73.2 Å². The number of furan rings is 1. The molecule has 0 N–H and O–H groups in total. The first-order valence-corrected chi connectivity index (χ1v) is 20.8. The second-order valence-electron chi connectivity index (χ2n) is 16.7. The zero-order chi connectivity index (χ0) is 40.0. The van der Waals surface area contributed by atoms with E-state index in [2.05, 4.69) is 213 Å². The molecule has 0 saturated carbocycles. The van der Waals surface area contributed by atoms with Gasteiger partial charge in [-0.05, 0) is 110 Å². The zero-order valence-corrected chi connectivity index (χ0v) is 33.5. The third-order valence-corrected chi connectivity index (χ3v) is 12.9. The Kier molecular flexibility index (Phi) is 7.64. The van der Waals surface area contributed by atoms with Crippen LogP contribution in [0.4, 0.5) is 22.7 Å². The number of benzene rings is 9. The number of hydrogen-bond donors (Lipinski definition) is 0. The van der Waals surface area contributed by atoms with Crippen LogP contribution in [-0.2, 0) is 11.8 Å². The number of para-hydroxylation sites is 1. The molecule has 0 radical (unpaired) electrons. The van der Waals surface area contributed by atoms with Gasteiger partial charge >= 0.3 is 0 Å². The maximum absolute atomic E-state index is 6.80. The van der Waals surface area contributed by atoms with E-state index in [-0.39, 0.29) is 5.41 Å². The van der Waals surface area contributed by atoms with Crippen LogP contribution in [0.2, 0.25) is 0 Å². The van der Waals surface area contributed by atoms with Gasteiger partial charge in [-0.2, -0.15) is 0 Å². The van der Waals surface area contributed by atoms with Crippen LogP contribution in [0.15, 0.2) is 204 Å². The molecule has 3 heteroatoms. The first-order chi connectivity index (χ1) is 29.5. The minimum absolute atomic E-state index is 0.142. The van der Waals surface area contributed by atoms with Crippen LogP contribution in [0.3, 0.4) is 0 Å². The number of aliphatic imine (C=N–C) groups is 1. The molecule has 0 saturated heterocycles. The van der Waals surface area contributed by atoms with Gasteiger partial charge in [-0.25, -0.2) is 0 Å². The van der Waals surface area contributed by atoms with Crippen molar-refractivity contribution in [2.24, 2.45) is 4.99 Å². The average molecular weight is 769 g/mol. The fourth-order valence-corrected chi connectivity index (χ4v) is 9.84. The highest BCUT2D eigenvalue weighted by molar-refractivity contribution is 6.23. The summed E-state index contributed by atoms with van der Waals surface area (Å²) in [5.41, 5.74) is 19.5. The maximum atomic E-state index is 6.80. The molecule has 12 rings (SSSR count). The Labute approximate surface area is 349 Å². The van der Waals surface area contributed by atoms with E-state index in [0.29, 0.717) is 0 Å². The molecule has 0 unspecified atom stereocenters. The second kappa shape index (κ2) is 13.3. The molecule has 1 aliphatic carbocycles. The lowest BCUT2D eigenvalue weighted by atomic mass is 9.82. The van der Waals surface area contributed by atoms with Gasteiger partial charge in [0.05, 0.1) is 17.1 Å². The van der Waals surface area contributed by atoms with E-state index in [1.54, 1.807) is 0 Å². The SMILES string of the molecule is CC1(C)c2ccccc2-c2ccc(N(c3ccc(-c4ccc(-c5ccccc5)cc4)cc3)c3cc4oc5ccc(C6=Nc7ccccc7C6)cc5c4c4ccccc34)cc21. The van der Waals surface area contributed by atoms with Crippen LogP contribution in [0.25, 0.3) is 66.1 Å². The fraction of sp³-hybridized carbons (Fsp3) is 0.0702. The Bertz CT molecular complexity index is 3350. The highest BCUT2D eigenvalue weighted by atomic mass is 16.3. The minimum Gasteiger partial charge on any atom is -0.456 e. The molecular formula is C57H40N2O. The van der Waals surface area contributed by atoms with Gasteiger partial charge in [0.25, 0.3) is 0 Å². The molecule has 2 heterocycles. The van der Waals surface area contributed by atoms with Crippen molar-refractivity contribution in [3.63, 3.8) is 0 Å². The lowest BCUT2D eigenvalue weighted by molar-refractivity contribution is 0.660. The summed E-state index contributed by atoms with van der Waals surface area (Å²) in [5.74, 6) is 0. The largest absolute Gasteiger partial charge is 0.456 e.